The summed E-state index contributed by atoms with van der Waals surface area (Å²) < 4.78 is 15.0. The summed E-state index contributed by atoms with van der Waals surface area (Å²) in [6, 6.07) is -1.14. The quantitative estimate of drug-likeness (QED) is 0.207. The molecule has 0 aromatic rings. The summed E-state index contributed by atoms with van der Waals surface area (Å²) in [5, 5.41) is 0. The summed E-state index contributed by atoms with van der Waals surface area (Å²) in [4.78, 5) is 124. The third-order valence-corrected chi connectivity index (χ3v) is 20.9. The molecule has 632 valence electrons. The maximum Gasteiger partial charge on any atom is 0.329 e. The smallest absolute Gasteiger partial charge is 0.329 e. The minimum absolute atomic E-state index is 0.0111. The highest BCUT2D eigenvalue weighted by atomic mass is 16.5. The van der Waals surface area contributed by atoms with E-state index in [0.717, 1.165) is 71.6 Å². The Balaban J connectivity index is 0.000000649. The van der Waals surface area contributed by atoms with Gasteiger partial charge in [-0.1, -0.05) is 27.2 Å². The number of nitrogens with zero attached hydrogens (tertiary/aromatic N) is 12. The van der Waals surface area contributed by atoms with Crippen LogP contribution in [0.1, 0.15) is 289 Å². The average Bonchev–Trinajstić information content (AvgIpc) is 0.818. The maximum absolute atomic E-state index is 12.8. The largest absolute Gasteiger partial charge is 0.467 e. The summed E-state index contributed by atoms with van der Waals surface area (Å²) in [6.45, 7) is 91.8. The molecule has 0 spiro atoms. The summed E-state index contributed by atoms with van der Waals surface area (Å²) in [7, 11) is 4.39. The Kier molecular flexibility index (Phi) is 36.2. The van der Waals surface area contributed by atoms with Crippen LogP contribution in [0.3, 0.4) is 0 Å². The van der Waals surface area contributed by atoms with Gasteiger partial charge in [0.25, 0.3) is 0 Å². The molecule has 6 rings (SSSR count). The third-order valence-electron chi connectivity index (χ3n) is 20.9. The van der Waals surface area contributed by atoms with Gasteiger partial charge in [0.15, 0.2) is 0 Å². The van der Waals surface area contributed by atoms with Crippen molar-refractivity contribution in [2.24, 2.45) is 5.92 Å². The first kappa shape index (κ1) is 101. The molecule has 0 aromatic heterocycles. The number of carbonyl (C=O) groups is 8. The van der Waals surface area contributed by atoms with Crippen molar-refractivity contribution >= 4 is 47.4 Å². The molecule has 6 saturated heterocycles. The van der Waals surface area contributed by atoms with E-state index >= 15 is 0 Å². The number of carbonyl (C=O) groups excluding carboxylic acids is 8. The highest BCUT2D eigenvalue weighted by molar-refractivity contribution is 5.89. The molecule has 2 unspecified atom stereocenters. The van der Waals surface area contributed by atoms with Gasteiger partial charge >= 0.3 is 11.9 Å². The molecule has 0 aromatic carbocycles. The minimum Gasteiger partial charge on any atom is -0.467 e. The van der Waals surface area contributed by atoms with Crippen LogP contribution in [0.15, 0.2) is 0 Å². The fourth-order valence-corrected chi connectivity index (χ4v) is 15.1. The molecule has 108 heavy (non-hydrogen) atoms. The first-order chi connectivity index (χ1) is 48.2. The van der Waals surface area contributed by atoms with E-state index in [-0.39, 0.29) is 120 Å². The summed E-state index contributed by atoms with van der Waals surface area (Å²) in [6.07, 6.45) is 2.96. The van der Waals surface area contributed by atoms with Gasteiger partial charge in [0.2, 0.25) is 35.4 Å². The second kappa shape index (κ2) is 38.5. The molecule has 0 N–H and O–H groups in total. The van der Waals surface area contributed by atoms with Gasteiger partial charge in [-0.15, -0.1) is 0 Å². The lowest BCUT2D eigenvalue weighted by Gasteiger charge is -2.51. The third kappa shape index (κ3) is 29.8. The van der Waals surface area contributed by atoms with E-state index in [4.69, 9.17) is 14.2 Å². The van der Waals surface area contributed by atoms with Crippen molar-refractivity contribution in [3.05, 3.63) is 0 Å². The normalized spacial score (nSPS) is 22.8. The highest BCUT2D eigenvalue weighted by Crippen LogP contribution is 2.34. The van der Waals surface area contributed by atoms with Gasteiger partial charge in [-0.3, -0.25) is 58.2 Å². The van der Waals surface area contributed by atoms with Gasteiger partial charge in [-0.05, 0) is 268 Å². The lowest BCUT2D eigenvalue weighted by atomic mass is 9.91. The molecule has 0 bridgehead atoms. The van der Waals surface area contributed by atoms with E-state index in [1.165, 1.54) is 14.2 Å². The van der Waals surface area contributed by atoms with Gasteiger partial charge in [0.05, 0.1) is 52.5 Å². The molecule has 6 fully saturated rings. The summed E-state index contributed by atoms with van der Waals surface area (Å²) >= 11 is 0. The Morgan fingerprint density at radius 3 is 0.870 bits per heavy atom. The van der Waals surface area contributed by atoms with Crippen molar-refractivity contribution in [2.45, 2.75) is 386 Å². The molecule has 23 heteroatoms. The second-order valence-corrected chi connectivity index (χ2v) is 42.9. The Morgan fingerprint density at radius 2 is 0.620 bits per heavy atom. The summed E-state index contributed by atoms with van der Waals surface area (Å²) in [5.74, 6) is 0.850. The monoisotopic (exact) mass is 1530 g/mol. The molecule has 0 saturated carbocycles. The highest BCUT2D eigenvalue weighted by Gasteiger charge is 2.50. The Hall–Kier alpha value is -4.52. The first-order valence-electron chi connectivity index (χ1n) is 40.3. The van der Waals surface area contributed by atoms with Crippen molar-refractivity contribution in [1.82, 2.24) is 58.8 Å². The molecule has 6 aliphatic heterocycles. The maximum atomic E-state index is 12.8. The van der Waals surface area contributed by atoms with E-state index < -0.39 is 12.1 Å². The standard InChI is InChI=1S/C16H32N2O.C15H30N2O.2C14H26N2O3.C14H28N2O2.C12H24N2O/c1-12(2)11-13-14(19)18(16(6,7)8)10-9-17(13)15(3,4)5;1-8-9-12-13(18)17(15(5,6)7)11-10-16(12)14(2,3)4;2*1-13(2,3)15-8-10(12(18)19-7)16(11(17)9-15)14(4,5)6;1-13(2,3)15-8-9-16(14(4,5)6)12(17)11(15)10-18-7;1-11(2,3)13-7-8-14(10(15)9-13)12(4,5)6/h12-13H,9-11H2,1-8H3;12H,8-11H2,1-7H3;2*10H,8-9H2,1-7H3;11H,8-10H2,1-7H3;7-9H2,1-6H3/t13-;12-;;;11-;/m00..0./s1. The van der Waals surface area contributed by atoms with Crippen LogP contribution < -0.4 is 0 Å². The van der Waals surface area contributed by atoms with Crippen molar-refractivity contribution in [3.63, 3.8) is 0 Å². The van der Waals surface area contributed by atoms with Crippen LogP contribution >= 0.6 is 0 Å². The van der Waals surface area contributed by atoms with Gasteiger partial charge < -0.3 is 43.6 Å². The number of ether oxygens (including phenoxy) is 3. The number of piperazine rings is 6. The lowest BCUT2D eigenvalue weighted by Crippen LogP contribution is -2.67. The number of amides is 6. The topological polar surface area (TPSA) is 203 Å². The van der Waals surface area contributed by atoms with Crippen LogP contribution in [0, 0.1) is 5.92 Å². The van der Waals surface area contributed by atoms with E-state index in [9.17, 15) is 38.4 Å². The van der Waals surface area contributed by atoms with Crippen molar-refractivity contribution < 1.29 is 52.6 Å². The molecule has 6 aliphatic rings. The first-order valence-corrected chi connectivity index (χ1v) is 40.3. The van der Waals surface area contributed by atoms with E-state index in [1.54, 1.807) is 16.9 Å². The predicted octanol–water partition coefficient (Wildman–Crippen LogP) is 12.0. The van der Waals surface area contributed by atoms with E-state index in [1.807, 2.05) is 103 Å². The van der Waals surface area contributed by atoms with Crippen LogP contribution in [-0.4, -0.2) is 316 Å². The van der Waals surface area contributed by atoms with Crippen molar-refractivity contribution in [3.8, 4) is 0 Å². The minimum atomic E-state index is -0.537. The Morgan fingerprint density at radius 1 is 0.343 bits per heavy atom. The van der Waals surface area contributed by atoms with E-state index in [0.29, 0.717) is 57.1 Å². The number of hydrogen-bond donors (Lipinski definition) is 0. The predicted molar refractivity (Wildman–Crippen MR) is 442 cm³/mol. The molecule has 0 aliphatic carbocycles. The molecular formula is C85H166N12O11. The second-order valence-electron chi connectivity index (χ2n) is 42.9. The van der Waals surface area contributed by atoms with E-state index in [2.05, 4.69) is 216 Å². The average molecular weight is 1530 g/mol. The van der Waals surface area contributed by atoms with Crippen LogP contribution in [0.2, 0.25) is 0 Å². The molecular weight excluding hydrogens is 1370 g/mol. The zero-order valence-electron chi connectivity index (χ0n) is 77.3. The number of hydrogen-bond acceptors (Lipinski definition) is 17. The van der Waals surface area contributed by atoms with Gasteiger partial charge in [0.1, 0.15) is 18.1 Å². The Bertz CT molecular complexity index is 2770. The zero-order valence-corrected chi connectivity index (χ0v) is 77.3. The molecule has 23 nitrogen and oxygen atoms in total. The molecule has 6 amide bonds. The SMILES string of the molecule is CC(C)(C)N1CCN(C(C)(C)C)C(=O)C1.CC(C)C[C@H]1C(=O)N(C(C)(C)C)CCN1C(C)(C)C.CCC[C@H]1C(=O)N(C(C)(C)C)CCN1C(C)(C)C.COC(=O)C1CN(C(C)(C)C)CC(=O)N1C(C)(C)C.COC(=O)C1CN(C(C)(C)C)CC(=O)N1C(C)(C)C.COC[C@H]1C(=O)N(C(C)(C)C)CCN1C(C)(C)C. The number of esters is 2. The summed E-state index contributed by atoms with van der Waals surface area (Å²) in [5.41, 5.74) is -1.16. The van der Waals surface area contributed by atoms with Gasteiger partial charge in [0, 0.05) is 139 Å². The lowest BCUT2D eigenvalue weighted by molar-refractivity contribution is -0.166. The molecule has 0 radical (unpaired) electrons. The van der Waals surface area contributed by atoms with Crippen LogP contribution in [0.25, 0.3) is 0 Å². The number of methoxy groups -OCH3 is 3. The van der Waals surface area contributed by atoms with Crippen molar-refractivity contribution in [2.75, 3.05) is 113 Å². The van der Waals surface area contributed by atoms with Crippen LogP contribution in [0.4, 0.5) is 0 Å². The molecule has 5 atom stereocenters. The van der Waals surface area contributed by atoms with Crippen molar-refractivity contribution in [1.29, 1.82) is 0 Å². The Labute approximate surface area is 660 Å². The van der Waals surface area contributed by atoms with Gasteiger partial charge in [-0.25, -0.2) is 9.59 Å². The van der Waals surface area contributed by atoms with Crippen LogP contribution in [0.5, 0.6) is 0 Å². The van der Waals surface area contributed by atoms with Crippen LogP contribution in [-0.2, 0) is 52.6 Å². The zero-order chi connectivity index (χ0) is 85.2. The fourth-order valence-electron chi connectivity index (χ4n) is 15.1. The van der Waals surface area contributed by atoms with Gasteiger partial charge in [-0.2, -0.15) is 0 Å². The molecule has 6 heterocycles. The number of rotatable bonds is 8. The fraction of sp³-hybridized carbons (Fsp3) is 0.906.